The first-order chi connectivity index (χ1) is 14.5. The second kappa shape index (κ2) is 8.40. The predicted octanol–water partition coefficient (Wildman–Crippen LogP) is 4.35. The number of ether oxygens (including phenoxy) is 1. The number of carbonyl (C=O) groups excluding carboxylic acids is 1. The molecule has 1 unspecified atom stereocenters. The number of hydrogen-bond donors (Lipinski definition) is 1. The van der Waals surface area contributed by atoms with Crippen LogP contribution < -0.4 is 15.6 Å². The Labute approximate surface area is 180 Å². The molecule has 1 amide bonds. The van der Waals surface area contributed by atoms with Gasteiger partial charge < -0.3 is 10.1 Å². The number of fused-ring (bicyclic) bond motifs is 1. The number of aromatic nitrogens is 1. The highest BCUT2D eigenvalue weighted by Crippen LogP contribution is 2.41. The van der Waals surface area contributed by atoms with E-state index >= 15 is 0 Å². The van der Waals surface area contributed by atoms with Crippen LogP contribution in [0.25, 0.3) is 0 Å². The minimum atomic E-state index is -0.568. The van der Waals surface area contributed by atoms with E-state index in [1.807, 2.05) is 36.4 Å². The normalized spacial score (nSPS) is 15.0. The molecule has 2 heterocycles. The second-order valence-corrected chi connectivity index (χ2v) is 8.44. The number of nitrogens with zero attached hydrogens (tertiary/aromatic N) is 1. The van der Waals surface area contributed by atoms with Crippen LogP contribution in [0.1, 0.15) is 28.3 Å². The molecule has 3 aromatic rings. The Hall–Kier alpha value is -2.99. The van der Waals surface area contributed by atoms with Crippen LogP contribution in [0.15, 0.2) is 64.4 Å². The number of carbonyl (C=O) groups is 1. The molecule has 0 saturated heterocycles. The maximum absolute atomic E-state index is 13.0. The van der Waals surface area contributed by atoms with E-state index in [4.69, 9.17) is 4.74 Å². The van der Waals surface area contributed by atoms with Crippen molar-refractivity contribution in [2.75, 3.05) is 18.2 Å². The number of para-hydroxylation sites is 1. The molecular weight excluding hydrogens is 396 g/mol. The second-order valence-electron chi connectivity index (χ2n) is 7.43. The van der Waals surface area contributed by atoms with Gasteiger partial charge in [0.25, 0.3) is 5.56 Å². The van der Waals surface area contributed by atoms with Crippen LogP contribution in [0.5, 0.6) is 5.75 Å². The van der Waals surface area contributed by atoms with Crippen molar-refractivity contribution in [3.63, 3.8) is 0 Å². The summed E-state index contributed by atoms with van der Waals surface area (Å²) in [5, 5.41) is 3.63. The van der Waals surface area contributed by atoms with Crippen molar-refractivity contribution in [1.29, 1.82) is 0 Å². The van der Waals surface area contributed by atoms with Gasteiger partial charge >= 0.3 is 0 Å². The van der Waals surface area contributed by atoms with E-state index in [1.165, 1.54) is 28.5 Å². The average Bonchev–Trinajstić information content (AvgIpc) is 3.18. The Kier molecular flexibility index (Phi) is 5.68. The van der Waals surface area contributed by atoms with Crippen LogP contribution in [0, 0.1) is 13.8 Å². The predicted molar refractivity (Wildman–Crippen MR) is 121 cm³/mol. The highest BCUT2D eigenvalue weighted by Gasteiger charge is 2.33. The van der Waals surface area contributed by atoms with Gasteiger partial charge in [-0.2, -0.15) is 0 Å². The fraction of sp³-hybridized carbons (Fsp3) is 0.250. The molecule has 154 valence electrons. The van der Waals surface area contributed by atoms with Gasteiger partial charge in [0, 0.05) is 29.5 Å². The van der Waals surface area contributed by atoms with Gasteiger partial charge in [0.2, 0.25) is 5.91 Å². The monoisotopic (exact) mass is 420 g/mol. The molecule has 0 saturated carbocycles. The van der Waals surface area contributed by atoms with Crippen LogP contribution in [0.4, 0.5) is 5.69 Å². The molecule has 1 atom stereocenters. The van der Waals surface area contributed by atoms with E-state index in [9.17, 15) is 9.59 Å². The molecular formula is C24H24N2O3S. The number of methoxy groups -OCH3 is 1. The van der Waals surface area contributed by atoms with Gasteiger partial charge in [-0.15, -0.1) is 11.8 Å². The number of hydrogen-bond acceptors (Lipinski definition) is 4. The van der Waals surface area contributed by atoms with Gasteiger partial charge in [-0.25, -0.2) is 0 Å². The Morgan fingerprint density at radius 2 is 1.90 bits per heavy atom. The van der Waals surface area contributed by atoms with E-state index in [0.29, 0.717) is 23.6 Å². The van der Waals surface area contributed by atoms with Gasteiger partial charge in [-0.05, 0) is 42.7 Å². The van der Waals surface area contributed by atoms with E-state index in [-0.39, 0.29) is 11.5 Å². The molecule has 6 heteroatoms. The van der Waals surface area contributed by atoms with Gasteiger partial charge in [-0.1, -0.05) is 36.4 Å². The van der Waals surface area contributed by atoms with Crippen LogP contribution in [0.3, 0.4) is 0 Å². The first kappa shape index (κ1) is 20.3. The summed E-state index contributed by atoms with van der Waals surface area (Å²) in [4.78, 5) is 25.9. The van der Waals surface area contributed by atoms with Crippen molar-refractivity contribution in [2.45, 2.75) is 31.3 Å². The Balaban J connectivity index is 1.68. The van der Waals surface area contributed by atoms with E-state index < -0.39 is 6.04 Å². The molecule has 5 nitrogen and oxygen atoms in total. The minimum absolute atomic E-state index is 0.177. The Bertz CT molecular complexity index is 1160. The number of pyridine rings is 1. The fourth-order valence-electron chi connectivity index (χ4n) is 3.79. The summed E-state index contributed by atoms with van der Waals surface area (Å²) in [7, 11) is 1.62. The number of anilines is 1. The van der Waals surface area contributed by atoms with Crippen molar-refractivity contribution < 1.29 is 9.53 Å². The smallest absolute Gasteiger partial charge is 0.252 e. The summed E-state index contributed by atoms with van der Waals surface area (Å²) in [5.41, 5.74) is 4.99. The zero-order chi connectivity index (χ0) is 21.3. The lowest BCUT2D eigenvalue weighted by molar-refractivity contribution is -0.118. The first-order valence-electron chi connectivity index (χ1n) is 9.85. The Morgan fingerprint density at radius 1 is 1.13 bits per heavy atom. The number of thioether (sulfide) groups is 1. The lowest BCUT2D eigenvalue weighted by atomic mass is 9.97. The summed E-state index contributed by atoms with van der Waals surface area (Å²) in [6.45, 7) is 4.18. The quantitative estimate of drug-likeness (QED) is 0.667. The lowest BCUT2D eigenvalue weighted by Gasteiger charge is -2.18. The summed E-state index contributed by atoms with van der Waals surface area (Å²) in [5.74, 6) is 0.978. The topological polar surface area (TPSA) is 60.3 Å². The largest absolute Gasteiger partial charge is 0.494 e. The number of amides is 1. The van der Waals surface area contributed by atoms with Crippen molar-refractivity contribution in [1.82, 2.24) is 4.57 Å². The standard InChI is InChI=1S/C24H24N2O3S/c1-15-8-7-9-17(16(15)2)12-18-13-21(27)26-20(14-30-24(26)22(18)29-3)23(28)25-19-10-5-4-6-11-19/h4-11,13,20H,12,14H2,1-3H3,(H,25,28). The van der Waals surface area contributed by atoms with Crippen LogP contribution in [0.2, 0.25) is 0 Å². The van der Waals surface area contributed by atoms with Crippen molar-refractivity contribution in [3.8, 4) is 5.75 Å². The maximum atomic E-state index is 13.0. The van der Waals surface area contributed by atoms with Crippen molar-refractivity contribution in [3.05, 3.63) is 87.2 Å². The molecule has 1 N–H and O–H groups in total. The number of aryl methyl sites for hydroxylation is 1. The third-order valence-electron chi connectivity index (χ3n) is 5.58. The van der Waals surface area contributed by atoms with Gasteiger partial charge in [0.1, 0.15) is 11.1 Å². The van der Waals surface area contributed by atoms with Crippen LogP contribution >= 0.6 is 11.8 Å². The van der Waals surface area contributed by atoms with Gasteiger partial charge in [-0.3, -0.25) is 14.2 Å². The van der Waals surface area contributed by atoms with Crippen LogP contribution in [-0.2, 0) is 11.2 Å². The molecule has 0 fully saturated rings. The third kappa shape index (κ3) is 3.75. The lowest BCUT2D eigenvalue weighted by Crippen LogP contribution is -2.32. The number of nitrogens with one attached hydrogen (secondary N) is 1. The molecule has 4 rings (SSSR count). The zero-order valence-electron chi connectivity index (χ0n) is 17.3. The van der Waals surface area contributed by atoms with Crippen molar-refractivity contribution >= 4 is 23.4 Å². The maximum Gasteiger partial charge on any atom is 0.252 e. The molecule has 0 bridgehead atoms. The first-order valence-corrected chi connectivity index (χ1v) is 10.8. The summed E-state index contributed by atoms with van der Waals surface area (Å²) < 4.78 is 7.28. The number of benzene rings is 2. The minimum Gasteiger partial charge on any atom is -0.494 e. The molecule has 2 aromatic carbocycles. The fourth-order valence-corrected chi connectivity index (χ4v) is 5.11. The molecule has 1 aliphatic rings. The molecule has 0 radical (unpaired) electrons. The highest BCUT2D eigenvalue weighted by molar-refractivity contribution is 7.99. The SMILES string of the molecule is COc1c(Cc2cccc(C)c2C)cc(=O)n2c1SCC2C(=O)Nc1ccccc1. The highest BCUT2D eigenvalue weighted by atomic mass is 32.2. The van der Waals surface area contributed by atoms with Gasteiger partial charge in [0.05, 0.1) is 7.11 Å². The Morgan fingerprint density at radius 3 is 2.63 bits per heavy atom. The van der Waals surface area contributed by atoms with Gasteiger partial charge in [0.15, 0.2) is 5.75 Å². The number of rotatable bonds is 5. The van der Waals surface area contributed by atoms with E-state index in [2.05, 4.69) is 31.3 Å². The average molecular weight is 421 g/mol. The van der Waals surface area contributed by atoms with E-state index in [0.717, 1.165) is 10.6 Å². The summed E-state index contributed by atoms with van der Waals surface area (Å²) in [6, 6.07) is 16.5. The molecule has 30 heavy (non-hydrogen) atoms. The zero-order valence-corrected chi connectivity index (χ0v) is 18.1. The molecule has 0 spiro atoms. The van der Waals surface area contributed by atoms with E-state index in [1.54, 1.807) is 17.7 Å². The molecule has 0 aliphatic carbocycles. The third-order valence-corrected chi connectivity index (χ3v) is 6.71. The molecule has 1 aliphatic heterocycles. The summed E-state index contributed by atoms with van der Waals surface area (Å²) in [6.07, 6.45) is 0.612. The summed E-state index contributed by atoms with van der Waals surface area (Å²) >= 11 is 1.49. The van der Waals surface area contributed by atoms with Crippen LogP contribution in [-0.4, -0.2) is 23.3 Å². The van der Waals surface area contributed by atoms with Crippen molar-refractivity contribution in [2.24, 2.45) is 0 Å². The molecule has 1 aromatic heterocycles.